The van der Waals surface area contributed by atoms with E-state index in [4.69, 9.17) is 18.0 Å². The van der Waals surface area contributed by atoms with Crippen LogP contribution in [0, 0.1) is 12.3 Å². The molecule has 0 aliphatic carbocycles. The molecular formula is C20H14ClNO. The number of nitrogens with one attached hydrogen (secondary N) is 1. The largest absolute Gasteiger partial charge is 0.364 e. The molecule has 1 atom stereocenters. The van der Waals surface area contributed by atoms with Crippen molar-refractivity contribution in [1.82, 2.24) is 4.98 Å². The standard InChI is InChI=1S/C20H14ClNO/c1-2-16(19-9-6-12-22-19)17-11-10-15(21)13-18(17)20(23)14-7-4-3-5-8-14/h1,3-13,16,22H. The summed E-state index contributed by atoms with van der Waals surface area (Å²) in [6.45, 7) is 0. The van der Waals surface area contributed by atoms with E-state index >= 15 is 0 Å². The number of carbonyl (C=O) groups excluding carboxylic acids is 1. The van der Waals surface area contributed by atoms with E-state index in [0.29, 0.717) is 16.1 Å². The monoisotopic (exact) mass is 319 g/mol. The molecule has 1 heterocycles. The summed E-state index contributed by atoms with van der Waals surface area (Å²) in [5.41, 5.74) is 2.78. The molecule has 2 nitrogen and oxygen atoms in total. The van der Waals surface area contributed by atoms with Crippen molar-refractivity contribution in [2.45, 2.75) is 5.92 Å². The summed E-state index contributed by atoms with van der Waals surface area (Å²) in [5.74, 6) is 2.34. The van der Waals surface area contributed by atoms with Crippen molar-refractivity contribution in [1.29, 1.82) is 0 Å². The first-order valence-electron chi connectivity index (χ1n) is 7.19. The number of halogens is 1. The molecule has 0 spiro atoms. The summed E-state index contributed by atoms with van der Waals surface area (Å²) >= 11 is 6.11. The van der Waals surface area contributed by atoms with Gasteiger partial charge in [-0.15, -0.1) is 6.42 Å². The van der Waals surface area contributed by atoms with Gasteiger partial charge < -0.3 is 4.98 Å². The molecule has 112 valence electrons. The van der Waals surface area contributed by atoms with Crippen molar-refractivity contribution in [2.75, 3.05) is 0 Å². The van der Waals surface area contributed by atoms with Crippen LogP contribution in [0.15, 0.2) is 66.9 Å². The maximum absolute atomic E-state index is 12.9. The Hall–Kier alpha value is -2.76. The zero-order valence-corrected chi connectivity index (χ0v) is 13.0. The van der Waals surface area contributed by atoms with Crippen LogP contribution in [-0.4, -0.2) is 10.8 Å². The van der Waals surface area contributed by atoms with Gasteiger partial charge in [0.1, 0.15) is 0 Å². The fourth-order valence-corrected chi connectivity index (χ4v) is 2.76. The van der Waals surface area contributed by atoms with Gasteiger partial charge in [0.15, 0.2) is 5.78 Å². The average molecular weight is 320 g/mol. The lowest BCUT2D eigenvalue weighted by Crippen LogP contribution is -2.09. The fraction of sp³-hybridized carbons (Fsp3) is 0.0500. The quantitative estimate of drug-likeness (QED) is 0.550. The summed E-state index contributed by atoms with van der Waals surface area (Å²) in [4.78, 5) is 16.0. The van der Waals surface area contributed by atoms with Crippen LogP contribution in [0.1, 0.15) is 33.1 Å². The van der Waals surface area contributed by atoms with E-state index in [1.807, 2.05) is 42.6 Å². The average Bonchev–Trinajstić information content (AvgIpc) is 3.11. The second-order valence-electron chi connectivity index (χ2n) is 5.15. The molecule has 3 aromatic rings. The van der Waals surface area contributed by atoms with Crippen molar-refractivity contribution < 1.29 is 4.79 Å². The highest BCUT2D eigenvalue weighted by Crippen LogP contribution is 2.29. The van der Waals surface area contributed by atoms with Crippen molar-refractivity contribution in [3.05, 3.63) is 94.3 Å². The highest BCUT2D eigenvalue weighted by molar-refractivity contribution is 6.31. The second kappa shape index (κ2) is 6.56. The number of aromatic nitrogens is 1. The van der Waals surface area contributed by atoms with Gasteiger partial charge in [-0.2, -0.15) is 0 Å². The summed E-state index contributed by atoms with van der Waals surface area (Å²) in [5, 5.41) is 0.510. The van der Waals surface area contributed by atoms with Crippen molar-refractivity contribution in [3.63, 3.8) is 0 Å². The van der Waals surface area contributed by atoms with Crippen molar-refractivity contribution >= 4 is 17.4 Å². The number of H-pyrrole nitrogens is 1. The lowest BCUT2D eigenvalue weighted by atomic mass is 9.89. The number of hydrogen-bond acceptors (Lipinski definition) is 1. The molecular weight excluding hydrogens is 306 g/mol. The molecule has 3 rings (SSSR count). The lowest BCUT2D eigenvalue weighted by molar-refractivity contribution is 0.103. The van der Waals surface area contributed by atoms with Gasteiger partial charge in [-0.1, -0.05) is 53.9 Å². The van der Waals surface area contributed by atoms with E-state index in [1.165, 1.54) is 0 Å². The van der Waals surface area contributed by atoms with Gasteiger partial charge in [0.25, 0.3) is 0 Å². The molecule has 0 bridgehead atoms. The first-order valence-corrected chi connectivity index (χ1v) is 7.57. The molecule has 0 saturated carbocycles. The smallest absolute Gasteiger partial charge is 0.193 e. The topological polar surface area (TPSA) is 32.9 Å². The molecule has 0 radical (unpaired) electrons. The molecule has 0 aliphatic rings. The Morgan fingerprint density at radius 1 is 1.09 bits per heavy atom. The summed E-state index contributed by atoms with van der Waals surface area (Å²) in [6, 6.07) is 18.2. The lowest BCUT2D eigenvalue weighted by Gasteiger charge is -2.15. The number of aromatic amines is 1. The molecule has 1 unspecified atom stereocenters. The van der Waals surface area contributed by atoms with E-state index < -0.39 is 0 Å². The molecule has 1 N–H and O–H groups in total. The Balaban J connectivity index is 2.12. The molecule has 23 heavy (non-hydrogen) atoms. The van der Waals surface area contributed by atoms with Crippen LogP contribution < -0.4 is 0 Å². The predicted molar refractivity (Wildman–Crippen MR) is 92.8 cm³/mol. The first-order chi connectivity index (χ1) is 11.2. The third kappa shape index (κ3) is 3.06. The number of carbonyl (C=O) groups is 1. The van der Waals surface area contributed by atoms with Crippen LogP contribution in [-0.2, 0) is 0 Å². The zero-order chi connectivity index (χ0) is 16.2. The SMILES string of the molecule is C#CC(c1ccc[nH]1)c1ccc(Cl)cc1C(=O)c1ccccc1. The van der Waals surface area contributed by atoms with Gasteiger partial charge in [-0.25, -0.2) is 0 Å². The first kappa shape index (κ1) is 15.1. The molecule has 0 saturated heterocycles. The fourth-order valence-electron chi connectivity index (χ4n) is 2.59. The van der Waals surface area contributed by atoms with Crippen LogP contribution >= 0.6 is 11.6 Å². The number of terminal acetylenes is 1. The number of benzene rings is 2. The molecule has 0 fully saturated rings. The van der Waals surface area contributed by atoms with Crippen molar-refractivity contribution in [3.8, 4) is 12.3 Å². The van der Waals surface area contributed by atoms with Crippen LogP contribution in [0.25, 0.3) is 0 Å². The summed E-state index contributed by atoms with van der Waals surface area (Å²) < 4.78 is 0. The summed E-state index contributed by atoms with van der Waals surface area (Å²) in [6.07, 6.45) is 7.54. The Kier molecular flexibility index (Phi) is 4.32. The molecule has 2 aromatic carbocycles. The molecule has 0 aliphatic heterocycles. The normalized spacial score (nSPS) is 11.7. The van der Waals surface area contributed by atoms with E-state index in [0.717, 1.165) is 11.3 Å². The van der Waals surface area contributed by atoms with Gasteiger partial charge in [-0.05, 0) is 29.8 Å². The number of ketones is 1. The van der Waals surface area contributed by atoms with Gasteiger partial charge in [0.05, 0.1) is 5.92 Å². The third-order valence-electron chi connectivity index (χ3n) is 3.71. The van der Waals surface area contributed by atoms with Crippen LogP contribution in [0.5, 0.6) is 0 Å². The molecule has 0 amide bonds. The Bertz CT molecular complexity index is 860. The van der Waals surface area contributed by atoms with Gasteiger partial charge in [0, 0.05) is 28.0 Å². The van der Waals surface area contributed by atoms with Crippen LogP contribution in [0.2, 0.25) is 5.02 Å². The predicted octanol–water partition coefficient (Wildman–Crippen LogP) is 4.66. The minimum absolute atomic E-state index is 0.0880. The maximum Gasteiger partial charge on any atom is 0.193 e. The number of hydrogen-bond donors (Lipinski definition) is 1. The molecule has 1 aromatic heterocycles. The minimum atomic E-state index is -0.329. The van der Waals surface area contributed by atoms with E-state index in [9.17, 15) is 4.79 Å². The number of rotatable bonds is 4. The zero-order valence-electron chi connectivity index (χ0n) is 12.3. The van der Waals surface area contributed by atoms with Gasteiger partial charge in [0.2, 0.25) is 0 Å². The Morgan fingerprint density at radius 3 is 2.52 bits per heavy atom. The Morgan fingerprint density at radius 2 is 1.87 bits per heavy atom. The van der Waals surface area contributed by atoms with E-state index in [1.54, 1.807) is 24.3 Å². The highest BCUT2D eigenvalue weighted by Gasteiger charge is 2.21. The molecule has 3 heteroatoms. The Labute approximate surface area is 140 Å². The third-order valence-corrected chi connectivity index (χ3v) is 3.94. The van der Waals surface area contributed by atoms with E-state index in [-0.39, 0.29) is 11.7 Å². The highest BCUT2D eigenvalue weighted by atomic mass is 35.5. The van der Waals surface area contributed by atoms with Gasteiger partial charge >= 0.3 is 0 Å². The van der Waals surface area contributed by atoms with Gasteiger partial charge in [-0.3, -0.25) is 4.79 Å². The minimum Gasteiger partial charge on any atom is -0.364 e. The van der Waals surface area contributed by atoms with Crippen LogP contribution in [0.4, 0.5) is 0 Å². The van der Waals surface area contributed by atoms with Crippen molar-refractivity contribution in [2.24, 2.45) is 0 Å². The maximum atomic E-state index is 12.9. The van der Waals surface area contributed by atoms with Crippen LogP contribution in [0.3, 0.4) is 0 Å². The summed E-state index contributed by atoms with van der Waals surface area (Å²) in [7, 11) is 0. The van der Waals surface area contributed by atoms with E-state index in [2.05, 4.69) is 10.9 Å². The second-order valence-corrected chi connectivity index (χ2v) is 5.59.